The minimum absolute atomic E-state index is 1.14. The molecule has 0 amide bonds. The van der Waals surface area contributed by atoms with E-state index in [0.717, 1.165) is 6.54 Å². The van der Waals surface area contributed by atoms with Crippen LogP contribution in [0.2, 0.25) is 0 Å². The molecule has 1 aromatic carbocycles. The van der Waals surface area contributed by atoms with Gasteiger partial charge < -0.3 is 0 Å². The predicted molar refractivity (Wildman–Crippen MR) is 60.5 cm³/mol. The molecule has 0 saturated carbocycles. The van der Waals surface area contributed by atoms with Crippen molar-refractivity contribution in [2.24, 2.45) is 0 Å². The van der Waals surface area contributed by atoms with E-state index in [0.29, 0.717) is 0 Å². The second kappa shape index (κ2) is 5.16. The van der Waals surface area contributed by atoms with Crippen molar-refractivity contribution in [3.8, 4) is 0 Å². The first-order chi connectivity index (χ1) is 6.95. The quantitative estimate of drug-likeness (QED) is 0.631. The minimum atomic E-state index is 1.14. The van der Waals surface area contributed by atoms with Crippen LogP contribution in [0, 0.1) is 0 Å². The van der Waals surface area contributed by atoms with Crippen molar-refractivity contribution in [1.29, 1.82) is 0 Å². The Morgan fingerprint density at radius 2 is 1.50 bits per heavy atom. The molecule has 1 heterocycles. The van der Waals surface area contributed by atoms with E-state index in [-0.39, 0.29) is 0 Å². The highest BCUT2D eigenvalue weighted by atomic mass is 15.1. The van der Waals surface area contributed by atoms with Crippen LogP contribution in [0.5, 0.6) is 0 Å². The molecule has 0 aliphatic carbocycles. The van der Waals surface area contributed by atoms with Crippen LogP contribution in [-0.2, 0) is 6.54 Å². The number of hydrogen-bond donors (Lipinski definition) is 0. The SMILES string of the molecule is c1ccc(C[N+]2CCCCCC2)cc1. The Balaban J connectivity index is 1.90. The lowest BCUT2D eigenvalue weighted by Crippen LogP contribution is -2.30. The van der Waals surface area contributed by atoms with Crippen LogP contribution in [0.4, 0.5) is 0 Å². The van der Waals surface area contributed by atoms with Gasteiger partial charge in [0.05, 0.1) is 0 Å². The fourth-order valence-electron chi connectivity index (χ4n) is 2.14. The zero-order chi connectivity index (χ0) is 9.64. The molecular weight excluding hydrogens is 170 g/mol. The normalized spacial score (nSPS) is 19.1. The molecule has 0 N–H and O–H groups in total. The second-order valence-electron chi connectivity index (χ2n) is 4.18. The Bertz CT molecular complexity index is 247. The first-order valence-corrected chi connectivity index (χ1v) is 5.71. The van der Waals surface area contributed by atoms with Crippen molar-refractivity contribution >= 4 is 0 Å². The lowest BCUT2D eigenvalue weighted by atomic mass is 10.2. The molecule has 0 bridgehead atoms. The third-order valence-corrected chi connectivity index (χ3v) is 2.95. The van der Waals surface area contributed by atoms with Gasteiger partial charge in [0.2, 0.25) is 0 Å². The van der Waals surface area contributed by atoms with Crippen molar-refractivity contribution in [3.05, 3.63) is 35.9 Å². The predicted octanol–water partition coefficient (Wildman–Crippen LogP) is 2.90. The van der Waals surface area contributed by atoms with Crippen molar-refractivity contribution in [2.75, 3.05) is 13.1 Å². The highest BCUT2D eigenvalue weighted by Gasteiger charge is 2.17. The third-order valence-electron chi connectivity index (χ3n) is 2.95. The van der Waals surface area contributed by atoms with E-state index in [1.807, 2.05) is 0 Å². The van der Waals surface area contributed by atoms with E-state index in [1.54, 1.807) is 0 Å². The molecule has 0 unspecified atom stereocenters. The summed E-state index contributed by atoms with van der Waals surface area (Å²) in [5.41, 5.74) is 1.45. The van der Waals surface area contributed by atoms with Crippen LogP contribution < -0.4 is 4.90 Å². The molecular formula is C13H19N+. The number of nitrogens with zero attached hydrogens (tertiary/aromatic N) is 1. The number of rotatable bonds is 2. The topological polar surface area (TPSA) is 5.90 Å². The summed E-state index contributed by atoms with van der Waals surface area (Å²) in [4.78, 5) is 2.59. The van der Waals surface area contributed by atoms with Gasteiger partial charge >= 0.3 is 0 Å². The second-order valence-corrected chi connectivity index (χ2v) is 4.18. The monoisotopic (exact) mass is 189 g/mol. The van der Waals surface area contributed by atoms with Crippen LogP contribution in [0.1, 0.15) is 31.2 Å². The summed E-state index contributed by atoms with van der Waals surface area (Å²) in [6.07, 6.45) is 5.61. The molecule has 1 aromatic rings. The summed E-state index contributed by atoms with van der Waals surface area (Å²) in [6.45, 7) is 3.71. The maximum absolute atomic E-state index is 2.59. The van der Waals surface area contributed by atoms with Crippen molar-refractivity contribution < 1.29 is 0 Å². The van der Waals surface area contributed by atoms with Gasteiger partial charge in [0.15, 0.2) is 0 Å². The Kier molecular flexibility index (Phi) is 3.58. The van der Waals surface area contributed by atoms with Gasteiger partial charge in [-0.25, -0.2) is 0 Å². The molecule has 75 valence electrons. The molecule has 1 fully saturated rings. The van der Waals surface area contributed by atoms with Gasteiger partial charge in [0.25, 0.3) is 0 Å². The van der Waals surface area contributed by atoms with E-state index in [2.05, 4.69) is 35.2 Å². The number of likely N-dealkylation sites (tertiary alicyclic amines) is 1. The maximum atomic E-state index is 2.59. The molecule has 1 radical (unpaired) electrons. The number of hydrogen-bond acceptors (Lipinski definition) is 1. The van der Waals surface area contributed by atoms with Crippen LogP contribution in [0.15, 0.2) is 30.3 Å². The van der Waals surface area contributed by atoms with Gasteiger partial charge in [-0.15, -0.1) is 0 Å². The van der Waals surface area contributed by atoms with E-state index in [9.17, 15) is 0 Å². The molecule has 1 heteroatoms. The summed E-state index contributed by atoms with van der Waals surface area (Å²) >= 11 is 0. The highest BCUT2D eigenvalue weighted by Crippen LogP contribution is 2.10. The van der Waals surface area contributed by atoms with Crippen LogP contribution >= 0.6 is 0 Å². The smallest absolute Gasteiger partial charge is 0.148 e. The Hall–Kier alpha value is -0.820. The van der Waals surface area contributed by atoms with Crippen LogP contribution in [0.25, 0.3) is 0 Å². The lowest BCUT2D eigenvalue weighted by Gasteiger charge is -2.09. The molecule has 1 nitrogen and oxygen atoms in total. The van der Waals surface area contributed by atoms with Crippen LogP contribution in [-0.4, -0.2) is 13.1 Å². The largest absolute Gasteiger partial charge is 0.166 e. The fourth-order valence-corrected chi connectivity index (χ4v) is 2.14. The van der Waals surface area contributed by atoms with Gasteiger partial charge in [-0.05, 0) is 12.8 Å². The molecule has 1 saturated heterocycles. The van der Waals surface area contributed by atoms with Gasteiger partial charge in [-0.3, -0.25) is 0 Å². The third kappa shape index (κ3) is 2.85. The average Bonchev–Trinajstić information content (AvgIpc) is 2.48. The van der Waals surface area contributed by atoms with Gasteiger partial charge in [0, 0.05) is 18.4 Å². The summed E-state index contributed by atoms with van der Waals surface area (Å²) in [7, 11) is 0. The first-order valence-electron chi connectivity index (χ1n) is 5.71. The van der Waals surface area contributed by atoms with Gasteiger partial charge in [0.1, 0.15) is 19.6 Å². The minimum Gasteiger partial charge on any atom is -0.166 e. The van der Waals surface area contributed by atoms with Crippen LogP contribution in [0.3, 0.4) is 0 Å². The summed E-state index contributed by atoms with van der Waals surface area (Å²) < 4.78 is 0. The van der Waals surface area contributed by atoms with Crippen molar-refractivity contribution in [1.82, 2.24) is 4.90 Å². The zero-order valence-corrected chi connectivity index (χ0v) is 8.78. The molecule has 0 aromatic heterocycles. The van der Waals surface area contributed by atoms with E-state index < -0.39 is 0 Å². The van der Waals surface area contributed by atoms with E-state index >= 15 is 0 Å². The zero-order valence-electron chi connectivity index (χ0n) is 8.78. The fraction of sp³-hybridized carbons (Fsp3) is 0.538. The van der Waals surface area contributed by atoms with E-state index in [4.69, 9.17) is 0 Å². The standard InChI is InChI=1S/C13H19N/c1-2-7-11-14(10-6-1)12-13-8-4-3-5-9-13/h3-5,8-9H,1-2,6-7,10-12H2/q+1. The maximum Gasteiger partial charge on any atom is 0.148 e. The average molecular weight is 189 g/mol. The molecule has 0 atom stereocenters. The Labute approximate surface area is 86.7 Å². The number of benzene rings is 1. The van der Waals surface area contributed by atoms with Gasteiger partial charge in [-0.2, -0.15) is 4.90 Å². The highest BCUT2D eigenvalue weighted by molar-refractivity contribution is 5.14. The van der Waals surface area contributed by atoms with E-state index in [1.165, 1.54) is 44.3 Å². The van der Waals surface area contributed by atoms with Gasteiger partial charge in [-0.1, -0.05) is 30.3 Å². The molecule has 2 rings (SSSR count). The van der Waals surface area contributed by atoms with Crippen molar-refractivity contribution in [3.63, 3.8) is 0 Å². The summed E-state index contributed by atoms with van der Waals surface area (Å²) in [6, 6.07) is 10.8. The first kappa shape index (κ1) is 9.72. The summed E-state index contributed by atoms with van der Waals surface area (Å²) in [5.74, 6) is 0. The Morgan fingerprint density at radius 3 is 2.14 bits per heavy atom. The Morgan fingerprint density at radius 1 is 0.857 bits per heavy atom. The molecule has 1 aliphatic heterocycles. The molecule has 14 heavy (non-hydrogen) atoms. The summed E-state index contributed by atoms with van der Waals surface area (Å²) in [5, 5.41) is 0. The molecule has 1 aliphatic rings. The lowest BCUT2D eigenvalue weighted by molar-refractivity contribution is 0.415. The van der Waals surface area contributed by atoms with Crippen molar-refractivity contribution in [2.45, 2.75) is 32.2 Å². The molecule has 0 spiro atoms.